The molecule has 0 saturated carbocycles. The van der Waals surface area contributed by atoms with Crippen molar-refractivity contribution in [1.29, 1.82) is 0 Å². The lowest BCUT2D eigenvalue weighted by Gasteiger charge is -2.24. The summed E-state index contributed by atoms with van der Waals surface area (Å²) in [6, 6.07) is 81.0. The van der Waals surface area contributed by atoms with Gasteiger partial charge in [0.1, 0.15) is 5.75 Å². The SMILES string of the molecule is C=S1(=O)CCCN1c1ccc2c(c1)C(c1cc3ccccc3[nH]1)=NC2.COc1ccc(/C=C/C2=NCc3ccc(N4CCCC4=O)cc32)cc1.C[C@@H]1CCC(=O)N1c1ccc2c(c1)C(c1cc3ccccc3[nH]1)=NC2.C[C@H]1CCC(=O)N1c1ccc2c(c1)C(c1cc3ccccc3[nH]1)=NC2.O=C1CC[C@H](CO)N1c1ccc2c(c1)C(c1cc3ccccc3[nH]1)=NC2. The Morgan fingerprint density at radius 1 is 0.413 bits per heavy atom. The van der Waals surface area contributed by atoms with Gasteiger partial charge in [0, 0.05) is 166 Å². The minimum Gasteiger partial charge on any atom is -0.497 e. The molecule has 10 aliphatic heterocycles. The number of anilines is 5. The standard InChI is InChI=1S/C21H19N3O2.2C21H19N3O.C21H20N2O2.C20H19N3OS/c25-12-16-7-8-20(26)24(16)15-6-5-14-11-22-21(17(14)10-15)19-9-13-3-1-2-4-18(13)23-19;2*1-13-6-9-20(25)24(13)16-8-7-15-12-22-21(17(15)11-16)19-10-14-4-2-3-5-18(14)23-19;1-25-18-9-4-15(5-10-18)6-11-20-19-13-17(8-7-16(19)14-22-20)23-12-2-3-21(23)24;1-25(24)10-4-9-23(25)16-8-7-15-13-21-20(17(15)12-16)19-11-14-5-2-3-6-18(14)22-19/h1-6,9-10,16,23,25H,7-8,11-12H2;2*2-5,7-8,10-11,13,23H,6,9,12H2,1H3;4-11,13H,2-3,12,14H2,1H3;2-3,5-8,11-12,22H,1,4,9-10,13H2/b;;;11-6+;/t16-;2*13-;;/m110../s1. The van der Waals surface area contributed by atoms with Gasteiger partial charge in [-0.05, 0) is 213 Å². The Labute approximate surface area is 730 Å². The monoisotopic (exact) mass is 1680 g/mol. The summed E-state index contributed by atoms with van der Waals surface area (Å²) in [4.78, 5) is 93.7. The zero-order chi connectivity index (χ0) is 85.8. The number of aliphatic hydroxyl groups excluding tert-OH is 1. The molecule has 5 N–H and O–H groups in total. The first-order valence-electron chi connectivity index (χ1n) is 43.6. The highest BCUT2D eigenvalue weighted by Gasteiger charge is 2.36. The molecular weight excluding hydrogens is 1590 g/mol. The fourth-order valence-corrected chi connectivity index (χ4v) is 20.9. The summed E-state index contributed by atoms with van der Waals surface area (Å²) in [5, 5.41) is 14.3. The first-order valence-corrected chi connectivity index (χ1v) is 45.4. The third-order valence-electron chi connectivity index (χ3n) is 25.7. The van der Waals surface area contributed by atoms with Gasteiger partial charge in [0.05, 0.1) is 104 Å². The van der Waals surface area contributed by atoms with E-state index in [4.69, 9.17) is 24.7 Å². The predicted octanol–water partition coefficient (Wildman–Crippen LogP) is 18.3. The Balaban J connectivity index is 0.0000000993. The molecule has 14 aromatic rings. The van der Waals surface area contributed by atoms with Crippen molar-refractivity contribution in [2.75, 3.05) is 56.5 Å². The maximum Gasteiger partial charge on any atom is 0.227 e. The first-order chi connectivity index (χ1) is 61.5. The van der Waals surface area contributed by atoms with Crippen LogP contribution in [-0.4, -0.2) is 138 Å². The van der Waals surface area contributed by atoms with Crippen LogP contribution in [0.25, 0.3) is 49.7 Å². The van der Waals surface area contributed by atoms with Crippen LogP contribution in [0, 0.1) is 0 Å². The van der Waals surface area contributed by atoms with Gasteiger partial charge < -0.3 is 49.4 Å². The van der Waals surface area contributed by atoms with Crippen LogP contribution in [0.2, 0.25) is 0 Å². The largest absolute Gasteiger partial charge is 0.497 e. The zero-order valence-electron chi connectivity index (χ0n) is 70.6. The Bertz CT molecular complexity index is 6740. The van der Waals surface area contributed by atoms with Gasteiger partial charge in [-0.2, -0.15) is 0 Å². The number of fused-ring (bicyclic) bond motifs is 9. The van der Waals surface area contributed by atoms with Crippen molar-refractivity contribution < 1.29 is 33.2 Å². The second kappa shape index (κ2) is 33.9. The highest BCUT2D eigenvalue weighted by atomic mass is 32.2. The summed E-state index contributed by atoms with van der Waals surface area (Å²) in [6.07, 6.45) is 11.0. The predicted molar refractivity (Wildman–Crippen MR) is 509 cm³/mol. The number of carbonyl (C=O) groups excluding carboxylic acids is 4. The lowest BCUT2D eigenvalue weighted by Crippen LogP contribution is -2.35. The molecule has 4 atom stereocenters. The van der Waals surface area contributed by atoms with Crippen molar-refractivity contribution in [3.63, 3.8) is 0 Å². The van der Waals surface area contributed by atoms with Crippen LogP contribution in [-0.2, 0) is 61.6 Å². The number of amides is 4. The van der Waals surface area contributed by atoms with Crippen LogP contribution in [0.5, 0.6) is 5.75 Å². The minimum absolute atomic E-state index is 0.00815. The van der Waals surface area contributed by atoms with E-state index in [1.807, 2.05) is 122 Å². The summed E-state index contributed by atoms with van der Waals surface area (Å²) in [5.41, 5.74) is 30.9. The number of hydrogen-bond acceptors (Lipinski definition) is 12. The molecule has 126 heavy (non-hydrogen) atoms. The molecule has 10 aromatic carbocycles. The lowest BCUT2D eigenvalue weighted by atomic mass is 10.0. The first kappa shape index (κ1) is 80.3. The van der Waals surface area contributed by atoms with E-state index in [1.165, 1.54) is 38.4 Å². The normalized spacial score (nSPS) is 19.4. The summed E-state index contributed by atoms with van der Waals surface area (Å²) in [7, 11) is -0.510. The summed E-state index contributed by atoms with van der Waals surface area (Å²) in [6.45, 7) is 9.28. The molecule has 0 spiro atoms. The van der Waals surface area contributed by atoms with Gasteiger partial charge >= 0.3 is 0 Å². The highest BCUT2D eigenvalue weighted by molar-refractivity contribution is 8.01. The molecule has 5 saturated heterocycles. The number of nitrogens with one attached hydrogen (secondary N) is 4. The number of rotatable bonds is 13. The number of carbonyl (C=O) groups is 4. The number of methoxy groups -OCH3 is 1. The van der Waals surface area contributed by atoms with Crippen LogP contribution in [0.1, 0.15) is 156 Å². The van der Waals surface area contributed by atoms with Gasteiger partial charge in [-0.25, -0.2) is 4.21 Å². The molecule has 4 amide bonds. The van der Waals surface area contributed by atoms with Crippen LogP contribution in [0.15, 0.2) is 268 Å². The van der Waals surface area contributed by atoms with Crippen LogP contribution in [0.3, 0.4) is 0 Å². The molecule has 0 radical (unpaired) electrons. The van der Waals surface area contributed by atoms with Crippen LogP contribution in [0.4, 0.5) is 28.4 Å². The summed E-state index contributed by atoms with van der Waals surface area (Å²) in [5.74, 6) is 6.19. The Morgan fingerprint density at radius 2 is 0.794 bits per heavy atom. The number of allylic oxidation sites excluding steroid dienone is 1. The van der Waals surface area contributed by atoms with Crippen LogP contribution >= 0.6 is 0 Å². The number of aliphatic hydroxyl groups is 1. The smallest absolute Gasteiger partial charge is 0.227 e. The van der Waals surface area contributed by atoms with E-state index in [-0.39, 0.29) is 48.4 Å². The Morgan fingerprint density at radius 3 is 1.18 bits per heavy atom. The maximum atomic E-state index is 12.7. The second-order valence-electron chi connectivity index (χ2n) is 33.8. The number of para-hydroxylation sites is 4. The van der Waals surface area contributed by atoms with E-state index < -0.39 is 9.71 Å². The second-order valence-corrected chi connectivity index (χ2v) is 36.2. The van der Waals surface area contributed by atoms with E-state index in [0.717, 1.165) is 191 Å². The van der Waals surface area contributed by atoms with Crippen molar-refractivity contribution in [3.8, 4) is 5.75 Å². The number of aromatic amines is 4. The van der Waals surface area contributed by atoms with Gasteiger partial charge in [0.15, 0.2) is 0 Å². The van der Waals surface area contributed by atoms with E-state index in [2.05, 4.69) is 190 Å². The van der Waals surface area contributed by atoms with Crippen molar-refractivity contribution in [2.24, 2.45) is 25.0 Å². The molecule has 5 fully saturated rings. The minimum atomic E-state index is -2.17. The van der Waals surface area contributed by atoms with Gasteiger partial charge in [0.25, 0.3) is 0 Å². The number of ether oxygens (including phenoxy) is 1. The average molecular weight is 1690 g/mol. The van der Waals surface area contributed by atoms with Crippen molar-refractivity contribution in [2.45, 2.75) is 122 Å². The molecule has 630 valence electrons. The lowest BCUT2D eigenvalue weighted by molar-refractivity contribution is -0.118. The molecule has 14 heterocycles. The van der Waals surface area contributed by atoms with E-state index >= 15 is 0 Å². The van der Waals surface area contributed by atoms with Gasteiger partial charge in [-0.15, -0.1) is 0 Å². The Hall–Kier alpha value is -14.1. The molecule has 4 aromatic heterocycles. The third-order valence-corrected chi connectivity index (χ3v) is 27.9. The average Bonchev–Trinajstić information content (AvgIpc) is 1.63. The number of nitrogens with zero attached hydrogens (tertiary/aromatic N) is 10. The van der Waals surface area contributed by atoms with Crippen molar-refractivity contribution in [3.05, 3.63) is 327 Å². The molecule has 24 rings (SSSR count). The number of H-pyrrole nitrogens is 4. The summed E-state index contributed by atoms with van der Waals surface area (Å²) >= 11 is 0. The van der Waals surface area contributed by atoms with E-state index in [1.54, 1.807) is 12.0 Å². The summed E-state index contributed by atoms with van der Waals surface area (Å²) < 4.78 is 19.8. The zero-order valence-corrected chi connectivity index (χ0v) is 71.4. The van der Waals surface area contributed by atoms with Crippen molar-refractivity contribution in [1.82, 2.24) is 19.9 Å². The molecular formula is C104H96N14O7S. The molecule has 10 aliphatic rings. The topological polar surface area (TPSA) is 256 Å². The molecule has 21 nitrogen and oxygen atoms in total. The van der Waals surface area contributed by atoms with Gasteiger partial charge in [0.2, 0.25) is 23.6 Å². The highest BCUT2D eigenvalue weighted by Crippen LogP contribution is 2.39. The third kappa shape index (κ3) is 15.6. The number of aromatic nitrogens is 4. The van der Waals surface area contributed by atoms with Gasteiger partial charge in [-0.3, -0.25) is 48.4 Å². The van der Waals surface area contributed by atoms with Gasteiger partial charge in [-0.1, -0.05) is 121 Å². The van der Waals surface area contributed by atoms with E-state index in [9.17, 15) is 28.5 Å². The number of hydrogen-bond donors (Lipinski definition) is 5. The molecule has 22 heteroatoms. The maximum absolute atomic E-state index is 12.7. The van der Waals surface area contributed by atoms with Crippen LogP contribution < -0.4 is 28.6 Å². The fraction of sp³-hybridized carbons (Fsp3) is 0.231. The quantitative estimate of drug-likeness (QED) is 0.0697. The van der Waals surface area contributed by atoms with Crippen molar-refractivity contribution >= 4 is 146 Å². The number of aliphatic imine (C=N–C) groups is 5. The van der Waals surface area contributed by atoms with E-state index in [0.29, 0.717) is 70.6 Å². The Kier molecular flexibility index (Phi) is 21.6. The molecule has 0 aliphatic carbocycles. The molecule has 0 bridgehead atoms. The molecule has 1 unspecified atom stereocenters. The fourth-order valence-electron chi connectivity index (χ4n) is 19.1. The number of benzene rings is 10.